The van der Waals surface area contributed by atoms with Gasteiger partial charge in [-0.05, 0) is 80.9 Å². The molecule has 10 rings (SSSR count). The van der Waals surface area contributed by atoms with E-state index in [1.807, 2.05) is 97.1 Å². The molecule has 0 amide bonds. The Morgan fingerprint density at radius 3 is 1.10 bits per heavy atom. The van der Waals surface area contributed by atoms with Gasteiger partial charge in [-0.2, -0.15) is 0 Å². The molecule has 0 saturated heterocycles. The van der Waals surface area contributed by atoms with Crippen LogP contribution in [-0.2, 0) is 58.7 Å². The average molecular weight is 1180 g/mol. The van der Waals surface area contributed by atoms with Crippen LogP contribution in [0.4, 0.5) is 11.4 Å². The van der Waals surface area contributed by atoms with E-state index in [0.717, 1.165) is 44.5 Å². The Morgan fingerprint density at radius 2 is 0.746 bits per heavy atom. The number of hydrogen-bond donors (Lipinski definition) is 4. The van der Waals surface area contributed by atoms with Crippen molar-refractivity contribution in [3.63, 3.8) is 0 Å². The molecule has 0 atom stereocenters. The molecule has 0 unspecified atom stereocenters. The van der Waals surface area contributed by atoms with Crippen LogP contribution in [0.25, 0.3) is 0 Å². The molecule has 5 aliphatic rings. The summed E-state index contributed by atoms with van der Waals surface area (Å²) >= 11 is -2.51. The van der Waals surface area contributed by atoms with Gasteiger partial charge >= 0.3 is 32.3 Å². The fraction of sp³-hybridized carbons (Fsp3) is 0.214. The van der Waals surface area contributed by atoms with E-state index in [0.29, 0.717) is 59.7 Å². The molecule has 0 spiro atoms. The normalized spacial score (nSPS) is 16.5. The van der Waals surface area contributed by atoms with E-state index in [4.69, 9.17) is 32.9 Å². The maximum atomic E-state index is 13.4. The topological polar surface area (TPSA) is 188 Å². The number of fused-ring (bicyclic) bond motifs is 14. The molecular formula is C56H52N2O12U. The molecule has 14 bridgehead atoms. The number of rotatable bonds is 0. The van der Waals surface area contributed by atoms with Gasteiger partial charge in [-0.1, -0.05) is 97.1 Å². The zero-order valence-electron chi connectivity index (χ0n) is 38.8. The molecule has 3 aliphatic carbocycles. The number of phenolic OH excluding ortho intramolecular Hbond substituents is 2. The van der Waals surface area contributed by atoms with Gasteiger partial charge in [0.05, 0.1) is 37.8 Å². The second kappa shape index (κ2) is 25.1. The van der Waals surface area contributed by atoms with Gasteiger partial charge in [0.1, 0.15) is 49.4 Å². The van der Waals surface area contributed by atoms with Crippen LogP contribution in [0.5, 0.6) is 23.0 Å². The fourth-order valence-electron chi connectivity index (χ4n) is 8.48. The average Bonchev–Trinajstić information content (AvgIpc) is 3.37. The molecule has 14 nitrogen and oxygen atoms in total. The summed E-state index contributed by atoms with van der Waals surface area (Å²) in [6, 6.07) is 31.0. The van der Waals surface area contributed by atoms with Gasteiger partial charge < -0.3 is 49.3 Å². The number of carbonyl (C=O) groups excluding carboxylic acids is 2. The number of aromatic hydroxyl groups is 2. The molecule has 362 valence electrons. The van der Waals surface area contributed by atoms with Gasteiger partial charge in [0.15, 0.2) is 11.5 Å². The number of carbonyl (C=O) groups is 2. The molecule has 0 fully saturated rings. The van der Waals surface area contributed by atoms with Crippen molar-refractivity contribution >= 4 is 22.9 Å². The number of ether oxygens (including phenoxy) is 6. The van der Waals surface area contributed by atoms with Gasteiger partial charge in [0, 0.05) is 49.2 Å². The number of para-hydroxylation sites is 6. The number of Topliss-reactive ketones (excluding diaryl/α,β-unsaturated/α-hetero) is 2. The number of anilines is 2. The standard InChI is InChI=1S/C56H52N2O10.2O.U/c59-51-37-9-3-11-39(51)33-43-15-6-16-44-34-40-12-4-10-38(52(40)60)32-42-14-5-13-41(31-37)55(42)67-29-25-63-23-27-65-49-21-7-17-45(53(49)61)35-57-47-19-1-2-20-48(47)58-36-46-18-8-22-50(54(46)62)66-28-24-64-26-30-68-56(43)44;;;/h1-22,35-36,57-60H,23-34H2;;;. The molecule has 2 aliphatic heterocycles. The number of allylic oxidation sites excluding steroid dienone is 8. The molecule has 0 radical (unpaired) electrons. The van der Waals surface area contributed by atoms with Crippen LogP contribution in [0.2, 0.25) is 0 Å². The van der Waals surface area contributed by atoms with Gasteiger partial charge in [-0.25, -0.2) is 0 Å². The van der Waals surface area contributed by atoms with E-state index in [2.05, 4.69) is 10.6 Å². The summed E-state index contributed by atoms with van der Waals surface area (Å²) in [7, 11) is 0. The van der Waals surface area contributed by atoms with Crippen LogP contribution in [0, 0.1) is 27.8 Å². The molecule has 5 aromatic rings. The van der Waals surface area contributed by atoms with Crippen molar-refractivity contribution < 1.29 is 80.5 Å². The second-order valence-corrected chi connectivity index (χ2v) is 17.2. The zero-order valence-corrected chi connectivity index (χ0v) is 43.0. The van der Waals surface area contributed by atoms with E-state index in [1.165, 1.54) is 0 Å². The first-order chi connectivity index (χ1) is 34.8. The summed E-state index contributed by atoms with van der Waals surface area (Å²) in [6.07, 6.45) is 15.0. The zero-order chi connectivity index (χ0) is 49.4. The summed E-state index contributed by atoms with van der Waals surface area (Å²) in [5.74, 6) is 1.53. The first-order valence-electron chi connectivity index (χ1n) is 23.2. The minimum atomic E-state index is -2.51. The summed E-state index contributed by atoms with van der Waals surface area (Å²) in [6.45, 7) is 1.64. The van der Waals surface area contributed by atoms with Crippen molar-refractivity contribution in [3.8, 4) is 23.0 Å². The Balaban J connectivity index is 0.00000220. The van der Waals surface area contributed by atoms with E-state index in [9.17, 15) is 19.8 Å². The van der Waals surface area contributed by atoms with E-state index >= 15 is 0 Å². The molecule has 2 heterocycles. The number of ketones is 2. The van der Waals surface area contributed by atoms with E-state index < -0.39 is 27.8 Å². The van der Waals surface area contributed by atoms with Crippen molar-refractivity contribution in [1.29, 1.82) is 0 Å². The summed E-state index contributed by atoms with van der Waals surface area (Å²) in [5, 5.41) is 30.1. The van der Waals surface area contributed by atoms with E-state index in [-0.39, 0.29) is 87.4 Å². The molecule has 5 aromatic carbocycles. The summed E-state index contributed by atoms with van der Waals surface area (Å²) in [5.41, 5.74) is 8.61. The number of nitrogens with one attached hydrogen (secondary N) is 2. The third-order valence-corrected chi connectivity index (χ3v) is 11.9. The van der Waals surface area contributed by atoms with Crippen molar-refractivity contribution in [2.75, 3.05) is 63.5 Å². The molecule has 15 heteroatoms. The van der Waals surface area contributed by atoms with Crippen molar-refractivity contribution in [2.24, 2.45) is 0 Å². The molecule has 0 aromatic heterocycles. The molecule has 71 heavy (non-hydrogen) atoms. The SMILES string of the molecule is O=C1C2=CNc3ccccc3NC=C3C=CC=C(OCCOCCOc4c5cccc4Cc4cccc(c4O)Cc4cccc(c4OCCOCCOC1=CC=C2)Cc1cccc(c1O)C5)C3=O.[O]=[U]=[O]. The van der Waals surface area contributed by atoms with Crippen molar-refractivity contribution in [3.05, 3.63) is 213 Å². The summed E-state index contributed by atoms with van der Waals surface area (Å²) < 4.78 is 53.9. The summed E-state index contributed by atoms with van der Waals surface area (Å²) in [4.78, 5) is 26.9. The first-order valence-corrected chi connectivity index (χ1v) is 26.6. The Bertz CT molecular complexity index is 2720. The van der Waals surface area contributed by atoms with Crippen LogP contribution in [-0.4, -0.2) is 74.6 Å². The number of phenols is 2. The van der Waals surface area contributed by atoms with Gasteiger partial charge in [-0.3, -0.25) is 9.59 Å². The van der Waals surface area contributed by atoms with E-state index in [1.54, 1.807) is 48.9 Å². The first kappa shape index (κ1) is 50.2. The second-order valence-electron chi connectivity index (χ2n) is 16.5. The van der Waals surface area contributed by atoms with Gasteiger partial charge in [0.2, 0.25) is 11.6 Å². The predicted octanol–water partition coefficient (Wildman–Crippen LogP) is 8.71. The van der Waals surface area contributed by atoms with Crippen molar-refractivity contribution in [1.82, 2.24) is 0 Å². The van der Waals surface area contributed by atoms with Crippen LogP contribution >= 0.6 is 0 Å². The molecule has 4 N–H and O–H groups in total. The van der Waals surface area contributed by atoms with Crippen LogP contribution in [0.1, 0.15) is 44.5 Å². The number of benzene rings is 5. The Hall–Kier alpha value is -7.15. The molecule has 0 saturated carbocycles. The maximum absolute atomic E-state index is 13.4. The number of hydrogen-bond acceptors (Lipinski definition) is 14. The van der Waals surface area contributed by atoms with Gasteiger partial charge in [-0.15, -0.1) is 0 Å². The minimum absolute atomic E-state index is 0.140. The Labute approximate surface area is 426 Å². The fourth-order valence-corrected chi connectivity index (χ4v) is 8.48. The third-order valence-electron chi connectivity index (χ3n) is 11.9. The van der Waals surface area contributed by atoms with Crippen LogP contribution in [0.3, 0.4) is 0 Å². The monoisotopic (exact) mass is 1180 g/mol. The predicted molar refractivity (Wildman–Crippen MR) is 261 cm³/mol. The Morgan fingerprint density at radius 1 is 0.423 bits per heavy atom. The van der Waals surface area contributed by atoms with Crippen LogP contribution in [0.15, 0.2) is 169 Å². The Kier molecular flexibility index (Phi) is 17.8. The van der Waals surface area contributed by atoms with Gasteiger partial charge in [0.25, 0.3) is 0 Å². The third kappa shape index (κ3) is 13.0. The van der Waals surface area contributed by atoms with Crippen molar-refractivity contribution in [2.45, 2.75) is 25.7 Å². The van der Waals surface area contributed by atoms with Crippen LogP contribution < -0.4 is 20.1 Å². The molecular weight excluding hydrogens is 1130 g/mol. The quantitative estimate of drug-likeness (QED) is 0.106.